The van der Waals surface area contributed by atoms with Crippen molar-refractivity contribution in [2.45, 2.75) is 46.1 Å². The summed E-state index contributed by atoms with van der Waals surface area (Å²) in [5.41, 5.74) is 0.0581. The Morgan fingerprint density at radius 3 is 2.61 bits per heavy atom. The summed E-state index contributed by atoms with van der Waals surface area (Å²) >= 11 is 3.15. The van der Waals surface area contributed by atoms with Crippen molar-refractivity contribution in [2.24, 2.45) is 5.92 Å². The molecule has 1 rings (SSSR count). The monoisotopic (exact) mass is 387 g/mol. The standard InChI is InChI=1S/C17H23BrFNO3/c1-11(2)5-4-6-12(3)20-16(21)10-23-17(22)14-9-13(19)7-8-15(14)18/h7-9,11-12H,4-6,10H2,1-3H3,(H,20,21). The largest absolute Gasteiger partial charge is 0.452 e. The fourth-order valence-corrected chi connectivity index (χ4v) is 2.49. The fraction of sp³-hybridized carbons (Fsp3) is 0.529. The molecule has 0 aliphatic heterocycles. The van der Waals surface area contributed by atoms with Gasteiger partial charge in [-0.25, -0.2) is 9.18 Å². The molecule has 0 saturated heterocycles. The van der Waals surface area contributed by atoms with E-state index in [4.69, 9.17) is 4.74 Å². The second-order valence-electron chi connectivity index (χ2n) is 5.99. The van der Waals surface area contributed by atoms with Gasteiger partial charge in [-0.3, -0.25) is 4.79 Å². The van der Waals surface area contributed by atoms with E-state index >= 15 is 0 Å². The van der Waals surface area contributed by atoms with Crippen LogP contribution in [0.25, 0.3) is 0 Å². The Bertz CT molecular complexity index is 549. The minimum Gasteiger partial charge on any atom is -0.452 e. The maximum Gasteiger partial charge on any atom is 0.339 e. The lowest BCUT2D eigenvalue weighted by Gasteiger charge is -2.14. The fourth-order valence-electron chi connectivity index (χ4n) is 2.08. The molecule has 0 spiro atoms. The lowest BCUT2D eigenvalue weighted by atomic mass is 10.0. The van der Waals surface area contributed by atoms with Crippen LogP contribution in [0, 0.1) is 11.7 Å². The van der Waals surface area contributed by atoms with E-state index in [2.05, 4.69) is 35.1 Å². The van der Waals surface area contributed by atoms with E-state index < -0.39 is 11.8 Å². The molecule has 0 saturated carbocycles. The van der Waals surface area contributed by atoms with E-state index in [1.54, 1.807) is 0 Å². The molecule has 0 bridgehead atoms. The SMILES string of the molecule is CC(C)CCCC(C)NC(=O)COC(=O)c1cc(F)ccc1Br. The molecule has 0 aromatic heterocycles. The minimum absolute atomic E-state index is 0.0286. The maximum absolute atomic E-state index is 13.1. The van der Waals surface area contributed by atoms with Gasteiger partial charge in [-0.1, -0.05) is 26.7 Å². The first-order valence-electron chi connectivity index (χ1n) is 7.71. The van der Waals surface area contributed by atoms with Crippen molar-refractivity contribution in [1.82, 2.24) is 5.32 Å². The number of carbonyl (C=O) groups excluding carboxylic acids is 2. The van der Waals surface area contributed by atoms with Crippen LogP contribution >= 0.6 is 15.9 Å². The van der Waals surface area contributed by atoms with E-state index in [-0.39, 0.29) is 24.1 Å². The number of rotatable bonds is 8. The molecule has 0 aliphatic carbocycles. The van der Waals surface area contributed by atoms with Crippen molar-refractivity contribution >= 4 is 27.8 Å². The Balaban J connectivity index is 2.38. The first kappa shape index (κ1) is 19.6. The van der Waals surface area contributed by atoms with Gasteiger partial charge in [-0.05, 0) is 53.4 Å². The molecule has 0 heterocycles. The molecule has 0 fully saturated rings. The molecule has 6 heteroatoms. The predicted molar refractivity (Wildman–Crippen MR) is 90.7 cm³/mol. The summed E-state index contributed by atoms with van der Waals surface area (Å²) in [4.78, 5) is 23.6. The molecule has 1 aromatic rings. The van der Waals surface area contributed by atoms with Crippen molar-refractivity contribution < 1.29 is 18.7 Å². The van der Waals surface area contributed by atoms with Crippen LogP contribution < -0.4 is 5.32 Å². The van der Waals surface area contributed by atoms with Crippen molar-refractivity contribution in [3.05, 3.63) is 34.1 Å². The summed E-state index contributed by atoms with van der Waals surface area (Å²) in [7, 11) is 0. The van der Waals surface area contributed by atoms with Crippen molar-refractivity contribution in [3.63, 3.8) is 0 Å². The molecule has 0 aliphatic rings. The van der Waals surface area contributed by atoms with Gasteiger partial charge in [0.2, 0.25) is 0 Å². The number of esters is 1. The molecule has 1 N–H and O–H groups in total. The van der Waals surface area contributed by atoms with Crippen LogP contribution in [0.1, 0.15) is 50.4 Å². The molecular formula is C17H23BrFNO3. The second kappa shape index (κ2) is 9.65. The van der Waals surface area contributed by atoms with Crippen molar-refractivity contribution in [3.8, 4) is 0 Å². The third-order valence-electron chi connectivity index (χ3n) is 3.31. The maximum atomic E-state index is 13.1. The summed E-state index contributed by atoms with van der Waals surface area (Å²) in [6.45, 7) is 5.86. The van der Waals surface area contributed by atoms with Gasteiger partial charge in [0.1, 0.15) is 5.82 Å². The third kappa shape index (κ3) is 7.59. The van der Waals surface area contributed by atoms with E-state index in [9.17, 15) is 14.0 Å². The molecule has 1 amide bonds. The van der Waals surface area contributed by atoms with Gasteiger partial charge in [0.25, 0.3) is 5.91 Å². The minimum atomic E-state index is -0.737. The lowest BCUT2D eigenvalue weighted by Crippen LogP contribution is -2.35. The quantitative estimate of drug-likeness (QED) is 0.683. The van der Waals surface area contributed by atoms with E-state index in [0.717, 1.165) is 25.3 Å². The smallest absolute Gasteiger partial charge is 0.339 e. The Kier molecular flexibility index (Phi) is 8.23. The van der Waals surface area contributed by atoms with Crippen LogP contribution in [0.4, 0.5) is 4.39 Å². The summed E-state index contributed by atoms with van der Waals surface area (Å²) in [5, 5.41) is 2.78. The predicted octanol–water partition coefficient (Wildman–Crippen LogP) is 4.08. The Morgan fingerprint density at radius 2 is 1.96 bits per heavy atom. The van der Waals surface area contributed by atoms with E-state index in [1.165, 1.54) is 12.1 Å². The molecule has 1 unspecified atom stereocenters. The first-order valence-corrected chi connectivity index (χ1v) is 8.50. The number of amides is 1. The zero-order valence-corrected chi connectivity index (χ0v) is 15.3. The van der Waals surface area contributed by atoms with Crippen molar-refractivity contribution in [2.75, 3.05) is 6.61 Å². The Morgan fingerprint density at radius 1 is 1.26 bits per heavy atom. The van der Waals surface area contributed by atoms with Gasteiger partial charge < -0.3 is 10.1 Å². The highest BCUT2D eigenvalue weighted by Gasteiger charge is 2.15. The highest BCUT2D eigenvalue weighted by Crippen LogP contribution is 2.18. The highest BCUT2D eigenvalue weighted by molar-refractivity contribution is 9.10. The zero-order chi connectivity index (χ0) is 17.4. The number of hydrogen-bond acceptors (Lipinski definition) is 3. The Hall–Kier alpha value is -1.43. The summed E-state index contributed by atoms with van der Waals surface area (Å²) in [5.74, 6) is -0.992. The zero-order valence-electron chi connectivity index (χ0n) is 13.7. The van der Waals surface area contributed by atoms with Gasteiger partial charge in [0.15, 0.2) is 6.61 Å². The first-order chi connectivity index (χ1) is 10.8. The number of ether oxygens (including phenoxy) is 1. The van der Waals surface area contributed by atoms with Crippen LogP contribution in [0.2, 0.25) is 0 Å². The van der Waals surface area contributed by atoms with Gasteiger partial charge in [-0.15, -0.1) is 0 Å². The molecule has 23 heavy (non-hydrogen) atoms. The number of hydrogen-bond donors (Lipinski definition) is 1. The van der Waals surface area contributed by atoms with Crippen molar-refractivity contribution in [1.29, 1.82) is 0 Å². The van der Waals surface area contributed by atoms with Crippen LogP contribution in [0.3, 0.4) is 0 Å². The molecule has 1 aromatic carbocycles. The average Bonchev–Trinajstić information content (AvgIpc) is 2.46. The number of benzene rings is 1. The second-order valence-corrected chi connectivity index (χ2v) is 6.85. The van der Waals surface area contributed by atoms with Gasteiger partial charge in [0.05, 0.1) is 5.56 Å². The lowest BCUT2D eigenvalue weighted by molar-refractivity contribution is -0.124. The molecular weight excluding hydrogens is 365 g/mol. The summed E-state index contributed by atoms with van der Waals surface area (Å²) in [6, 6.07) is 3.74. The molecule has 0 radical (unpaired) electrons. The van der Waals surface area contributed by atoms with E-state index in [0.29, 0.717) is 10.4 Å². The molecule has 4 nitrogen and oxygen atoms in total. The van der Waals surface area contributed by atoms with Crippen LogP contribution in [-0.4, -0.2) is 24.5 Å². The molecule has 1 atom stereocenters. The number of halogens is 2. The van der Waals surface area contributed by atoms with Gasteiger partial charge >= 0.3 is 5.97 Å². The number of nitrogens with one attached hydrogen (secondary N) is 1. The number of carbonyl (C=O) groups is 2. The highest BCUT2D eigenvalue weighted by atomic mass is 79.9. The normalized spacial score (nSPS) is 12.1. The average molecular weight is 388 g/mol. The van der Waals surface area contributed by atoms with Gasteiger partial charge in [0, 0.05) is 10.5 Å². The van der Waals surface area contributed by atoms with Crippen LogP contribution in [-0.2, 0) is 9.53 Å². The topological polar surface area (TPSA) is 55.4 Å². The van der Waals surface area contributed by atoms with Gasteiger partial charge in [-0.2, -0.15) is 0 Å². The summed E-state index contributed by atoms with van der Waals surface area (Å²) in [6.07, 6.45) is 3.03. The van der Waals surface area contributed by atoms with E-state index in [1.807, 2.05) is 6.92 Å². The third-order valence-corrected chi connectivity index (χ3v) is 4.00. The molecule has 128 valence electrons. The Labute approximate surface area is 144 Å². The van der Waals surface area contributed by atoms with Crippen LogP contribution in [0.15, 0.2) is 22.7 Å². The summed E-state index contributed by atoms with van der Waals surface area (Å²) < 4.78 is 18.5. The van der Waals surface area contributed by atoms with Crippen LogP contribution in [0.5, 0.6) is 0 Å².